The van der Waals surface area contributed by atoms with Crippen LogP contribution in [0.5, 0.6) is 0 Å². The van der Waals surface area contributed by atoms with Gasteiger partial charge in [0.25, 0.3) is 11.8 Å². The Morgan fingerprint density at radius 2 is 1.86 bits per heavy atom. The quantitative estimate of drug-likeness (QED) is 0.419. The van der Waals surface area contributed by atoms with E-state index < -0.39 is 11.7 Å². The summed E-state index contributed by atoms with van der Waals surface area (Å²) in [5, 5.41) is 9.99. The minimum absolute atomic E-state index is 0.110. The van der Waals surface area contributed by atoms with Gasteiger partial charge in [-0.1, -0.05) is 18.2 Å². The van der Waals surface area contributed by atoms with Crippen molar-refractivity contribution >= 4 is 22.5 Å². The van der Waals surface area contributed by atoms with Crippen LogP contribution in [0.3, 0.4) is 0 Å². The summed E-state index contributed by atoms with van der Waals surface area (Å²) in [6.07, 6.45) is -0.568. The number of benzene rings is 2. The molecular formula is C25H24F2N4O4. The number of nitrogens with one attached hydrogen (secondary N) is 2. The molecular weight excluding hydrogens is 458 g/mol. The first-order chi connectivity index (χ1) is 16.7. The SMILES string of the molecule is Cc1cc([C@@H](C)Nc2ccccc2-c2n[nH]c(=O)o2)c2oc(N3CCC(F)(F)CC3)cc(=O)c2c1. The van der Waals surface area contributed by atoms with Crippen LogP contribution < -0.4 is 21.4 Å². The molecule has 2 N–H and O–H groups in total. The molecule has 182 valence electrons. The van der Waals surface area contributed by atoms with E-state index in [-0.39, 0.29) is 49.2 Å². The zero-order valence-electron chi connectivity index (χ0n) is 19.2. The van der Waals surface area contributed by atoms with Crippen LogP contribution in [-0.4, -0.2) is 29.2 Å². The van der Waals surface area contributed by atoms with Crippen molar-refractivity contribution in [3.05, 3.63) is 74.4 Å². The van der Waals surface area contributed by atoms with Crippen molar-refractivity contribution in [2.45, 2.75) is 38.7 Å². The lowest BCUT2D eigenvalue weighted by Gasteiger charge is -2.32. The number of para-hydroxylation sites is 1. The minimum Gasteiger partial charge on any atom is -0.440 e. The first kappa shape index (κ1) is 22.8. The van der Waals surface area contributed by atoms with Gasteiger partial charge < -0.3 is 19.1 Å². The second-order valence-electron chi connectivity index (χ2n) is 8.85. The number of halogens is 2. The molecule has 0 unspecified atom stereocenters. The zero-order valence-corrected chi connectivity index (χ0v) is 19.2. The third-order valence-corrected chi connectivity index (χ3v) is 6.23. The Hall–Kier alpha value is -3.95. The molecule has 0 amide bonds. The Morgan fingerprint density at radius 1 is 1.11 bits per heavy atom. The van der Waals surface area contributed by atoms with Crippen LogP contribution in [0.4, 0.5) is 20.4 Å². The van der Waals surface area contributed by atoms with E-state index in [9.17, 15) is 18.4 Å². The van der Waals surface area contributed by atoms with Gasteiger partial charge in [-0.2, -0.15) is 0 Å². The fourth-order valence-corrected chi connectivity index (χ4v) is 4.41. The summed E-state index contributed by atoms with van der Waals surface area (Å²) in [5.41, 5.74) is 3.05. The van der Waals surface area contributed by atoms with Crippen LogP contribution in [0.25, 0.3) is 22.4 Å². The number of fused-ring (bicyclic) bond motifs is 1. The summed E-state index contributed by atoms with van der Waals surface area (Å²) >= 11 is 0. The van der Waals surface area contributed by atoms with Crippen molar-refractivity contribution in [3.8, 4) is 11.5 Å². The molecule has 10 heteroatoms. The highest BCUT2D eigenvalue weighted by atomic mass is 19.3. The minimum atomic E-state index is -2.70. The predicted octanol–water partition coefficient (Wildman–Crippen LogP) is 4.85. The maximum absolute atomic E-state index is 13.6. The number of aromatic nitrogens is 2. The lowest BCUT2D eigenvalue weighted by atomic mass is 10.0. The Morgan fingerprint density at radius 3 is 2.57 bits per heavy atom. The maximum Gasteiger partial charge on any atom is 0.434 e. The van der Waals surface area contributed by atoms with E-state index in [1.54, 1.807) is 23.1 Å². The van der Waals surface area contributed by atoms with Crippen molar-refractivity contribution in [2.75, 3.05) is 23.3 Å². The molecule has 3 heterocycles. The molecule has 1 saturated heterocycles. The molecule has 2 aromatic carbocycles. The molecule has 0 saturated carbocycles. The van der Waals surface area contributed by atoms with Gasteiger partial charge in [0.15, 0.2) is 11.3 Å². The van der Waals surface area contributed by atoms with Crippen molar-refractivity contribution in [1.29, 1.82) is 0 Å². The van der Waals surface area contributed by atoms with Gasteiger partial charge in [0, 0.05) is 43.2 Å². The molecule has 4 aromatic rings. The van der Waals surface area contributed by atoms with E-state index in [1.807, 2.05) is 32.0 Å². The van der Waals surface area contributed by atoms with Crippen LogP contribution in [0.1, 0.15) is 36.9 Å². The zero-order chi connectivity index (χ0) is 24.7. The first-order valence-electron chi connectivity index (χ1n) is 11.3. The number of H-pyrrole nitrogens is 1. The molecule has 0 aliphatic carbocycles. The van der Waals surface area contributed by atoms with Crippen molar-refractivity contribution in [2.24, 2.45) is 0 Å². The lowest BCUT2D eigenvalue weighted by Crippen LogP contribution is -2.39. The molecule has 0 radical (unpaired) electrons. The predicted molar refractivity (Wildman–Crippen MR) is 128 cm³/mol. The van der Waals surface area contributed by atoms with Gasteiger partial charge in [0.1, 0.15) is 5.58 Å². The fourth-order valence-electron chi connectivity index (χ4n) is 4.41. The second kappa shape index (κ2) is 8.68. The summed E-state index contributed by atoms with van der Waals surface area (Å²) in [4.78, 5) is 26.1. The highest BCUT2D eigenvalue weighted by Crippen LogP contribution is 2.34. The summed E-state index contributed by atoms with van der Waals surface area (Å²) in [6.45, 7) is 4.03. The maximum atomic E-state index is 13.6. The number of hydrogen-bond acceptors (Lipinski definition) is 7. The molecule has 1 aliphatic rings. The second-order valence-corrected chi connectivity index (χ2v) is 8.85. The van der Waals surface area contributed by atoms with Crippen molar-refractivity contribution in [3.63, 3.8) is 0 Å². The fraction of sp³-hybridized carbons (Fsp3) is 0.320. The molecule has 35 heavy (non-hydrogen) atoms. The lowest BCUT2D eigenvalue weighted by molar-refractivity contribution is -0.0225. The number of hydrogen-bond donors (Lipinski definition) is 2. The highest BCUT2D eigenvalue weighted by molar-refractivity contribution is 5.83. The molecule has 1 atom stereocenters. The summed E-state index contributed by atoms with van der Waals surface area (Å²) < 4.78 is 38.6. The van der Waals surface area contributed by atoms with Crippen LogP contribution in [0.2, 0.25) is 0 Å². The standard InChI is InChI=1S/C25H24F2N4O4/c1-14-11-17(15(2)28-19-6-4-3-5-16(19)23-29-30-24(33)35-23)22-18(12-14)20(32)13-21(34-22)31-9-7-25(26,27)8-10-31/h3-6,11-13,15,28H,7-10H2,1-2H3,(H,30,33)/t15-/m1/s1. The smallest absolute Gasteiger partial charge is 0.434 e. The van der Waals surface area contributed by atoms with Crippen molar-refractivity contribution in [1.82, 2.24) is 10.2 Å². The van der Waals surface area contributed by atoms with Crippen LogP contribution in [0, 0.1) is 6.92 Å². The molecule has 1 aliphatic heterocycles. The van der Waals surface area contributed by atoms with Crippen LogP contribution in [-0.2, 0) is 0 Å². The number of aromatic amines is 1. The Balaban J connectivity index is 1.53. The largest absolute Gasteiger partial charge is 0.440 e. The Bertz CT molecular complexity index is 1500. The highest BCUT2D eigenvalue weighted by Gasteiger charge is 2.35. The summed E-state index contributed by atoms with van der Waals surface area (Å²) in [6, 6.07) is 12.0. The third-order valence-electron chi connectivity index (χ3n) is 6.23. The van der Waals surface area contributed by atoms with E-state index in [0.717, 1.165) is 11.1 Å². The number of nitrogens with zero attached hydrogens (tertiary/aromatic N) is 2. The number of alkyl halides is 2. The number of anilines is 2. The number of piperidine rings is 1. The number of aryl methyl sites for hydroxylation is 1. The third kappa shape index (κ3) is 4.55. The average Bonchev–Trinajstić information content (AvgIpc) is 3.25. The van der Waals surface area contributed by atoms with E-state index in [1.165, 1.54) is 6.07 Å². The van der Waals surface area contributed by atoms with Gasteiger partial charge in [-0.05, 0) is 37.6 Å². The van der Waals surface area contributed by atoms with E-state index in [0.29, 0.717) is 22.2 Å². The number of rotatable bonds is 5. The Labute approximate surface area is 198 Å². The Kier molecular flexibility index (Phi) is 5.66. The molecule has 2 aromatic heterocycles. The summed E-state index contributed by atoms with van der Waals surface area (Å²) in [5.74, 6) is -2.92. The van der Waals surface area contributed by atoms with Gasteiger partial charge in [-0.3, -0.25) is 4.79 Å². The molecule has 0 spiro atoms. The van der Waals surface area contributed by atoms with E-state index >= 15 is 0 Å². The molecule has 5 rings (SSSR count). The molecule has 8 nitrogen and oxygen atoms in total. The van der Waals surface area contributed by atoms with E-state index in [2.05, 4.69) is 15.5 Å². The van der Waals surface area contributed by atoms with Gasteiger partial charge >= 0.3 is 5.76 Å². The normalized spacial score (nSPS) is 16.4. The monoisotopic (exact) mass is 482 g/mol. The van der Waals surface area contributed by atoms with Crippen LogP contribution in [0.15, 0.2) is 60.9 Å². The van der Waals surface area contributed by atoms with Crippen molar-refractivity contribution < 1.29 is 17.6 Å². The van der Waals surface area contributed by atoms with Gasteiger partial charge in [-0.15, -0.1) is 5.10 Å². The van der Waals surface area contributed by atoms with E-state index in [4.69, 9.17) is 8.83 Å². The van der Waals surface area contributed by atoms with Gasteiger partial charge in [0.05, 0.1) is 17.0 Å². The average molecular weight is 482 g/mol. The molecule has 1 fully saturated rings. The summed E-state index contributed by atoms with van der Waals surface area (Å²) in [7, 11) is 0. The van der Waals surface area contributed by atoms with Gasteiger partial charge in [0.2, 0.25) is 0 Å². The van der Waals surface area contributed by atoms with Crippen LogP contribution >= 0.6 is 0 Å². The topological polar surface area (TPSA) is 104 Å². The van der Waals surface area contributed by atoms with Gasteiger partial charge in [-0.25, -0.2) is 18.7 Å². The first-order valence-corrected chi connectivity index (χ1v) is 11.3. The molecule has 0 bridgehead atoms.